The number of rotatable bonds is 2. The predicted octanol–water partition coefficient (Wildman–Crippen LogP) is 5.94. The van der Waals surface area contributed by atoms with Gasteiger partial charge >= 0.3 is 0 Å². The van der Waals surface area contributed by atoms with Gasteiger partial charge in [-0.2, -0.15) is 0 Å². The smallest absolute Gasteiger partial charge is 0.0692 e. The van der Waals surface area contributed by atoms with E-state index in [2.05, 4.69) is 90.7 Å². The largest absolute Gasteiger partial charge is 0.378 e. The molecule has 0 amide bonds. The Morgan fingerprint density at radius 2 is 1.70 bits per heavy atom. The van der Waals surface area contributed by atoms with Crippen LogP contribution in [0, 0.1) is 16.7 Å². The molecule has 23 heavy (non-hydrogen) atoms. The summed E-state index contributed by atoms with van der Waals surface area (Å²) in [5, 5.41) is 3.67. The molecule has 0 aromatic heterocycles. The van der Waals surface area contributed by atoms with E-state index in [0.29, 0.717) is 5.92 Å². The molecule has 0 saturated carbocycles. The fourth-order valence-corrected chi connectivity index (χ4v) is 3.43. The van der Waals surface area contributed by atoms with E-state index in [-0.39, 0.29) is 16.9 Å². The van der Waals surface area contributed by atoms with E-state index < -0.39 is 0 Å². The van der Waals surface area contributed by atoms with Crippen molar-refractivity contribution in [2.45, 2.75) is 60.9 Å². The SMILES string of the molecule is C=C1C=C(C(C)(C)C)C=CC1NC1=CC=C(C(C)(C)C)C(C)C1. The Bertz CT molecular complexity index is 597. The Hall–Kier alpha value is -1.50. The third-order valence-corrected chi connectivity index (χ3v) is 4.80. The highest BCUT2D eigenvalue weighted by atomic mass is 14.9. The minimum absolute atomic E-state index is 0.174. The normalized spacial score (nSPS) is 25.7. The highest BCUT2D eigenvalue weighted by Crippen LogP contribution is 2.37. The van der Waals surface area contributed by atoms with Crippen molar-refractivity contribution in [1.29, 1.82) is 0 Å². The first-order valence-corrected chi connectivity index (χ1v) is 8.75. The molecule has 0 aromatic rings. The summed E-state index contributed by atoms with van der Waals surface area (Å²) in [6.07, 6.45) is 12.4. The van der Waals surface area contributed by atoms with Crippen LogP contribution < -0.4 is 5.32 Å². The van der Waals surface area contributed by atoms with Gasteiger partial charge in [0.2, 0.25) is 0 Å². The zero-order valence-corrected chi connectivity index (χ0v) is 16.0. The monoisotopic (exact) mass is 311 g/mol. The van der Waals surface area contributed by atoms with Gasteiger partial charge in [0.1, 0.15) is 0 Å². The first-order valence-electron chi connectivity index (χ1n) is 8.75. The first-order chi connectivity index (χ1) is 10.5. The van der Waals surface area contributed by atoms with Crippen molar-refractivity contribution in [2.24, 2.45) is 16.7 Å². The van der Waals surface area contributed by atoms with Crippen molar-refractivity contribution in [3.63, 3.8) is 0 Å². The van der Waals surface area contributed by atoms with Crippen LogP contribution in [0.4, 0.5) is 0 Å². The van der Waals surface area contributed by atoms with Gasteiger partial charge in [0, 0.05) is 5.70 Å². The molecule has 2 aliphatic carbocycles. The van der Waals surface area contributed by atoms with Gasteiger partial charge in [-0.15, -0.1) is 0 Å². The van der Waals surface area contributed by atoms with Gasteiger partial charge in [-0.25, -0.2) is 0 Å². The van der Waals surface area contributed by atoms with E-state index >= 15 is 0 Å². The molecule has 0 aromatic carbocycles. The second-order valence-electron chi connectivity index (χ2n) is 9.07. The van der Waals surface area contributed by atoms with Crippen LogP contribution in [0.2, 0.25) is 0 Å². The topological polar surface area (TPSA) is 12.0 Å². The lowest BCUT2D eigenvalue weighted by Crippen LogP contribution is -2.32. The first kappa shape index (κ1) is 17.8. The molecule has 0 fully saturated rings. The minimum atomic E-state index is 0.174. The molecule has 0 heterocycles. The van der Waals surface area contributed by atoms with E-state index in [9.17, 15) is 0 Å². The molecular formula is C22H33N. The molecule has 0 aliphatic heterocycles. The second-order valence-corrected chi connectivity index (χ2v) is 9.07. The minimum Gasteiger partial charge on any atom is -0.378 e. The molecule has 0 bridgehead atoms. The van der Waals surface area contributed by atoms with Crippen molar-refractivity contribution >= 4 is 0 Å². The van der Waals surface area contributed by atoms with E-state index in [1.165, 1.54) is 16.8 Å². The quantitative estimate of drug-likeness (QED) is 0.665. The van der Waals surface area contributed by atoms with Gasteiger partial charge in [-0.3, -0.25) is 0 Å². The van der Waals surface area contributed by atoms with Crippen molar-refractivity contribution < 1.29 is 0 Å². The maximum absolute atomic E-state index is 4.27. The summed E-state index contributed by atoms with van der Waals surface area (Å²) < 4.78 is 0. The summed E-state index contributed by atoms with van der Waals surface area (Å²) in [7, 11) is 0. The molecule has 0 saturated heterocycles. The van der Waals surface area contributed by atoms with Gasteiger partial charge in [-0.1, -0.05) is 84.9 Å². The molecule has 2 unspecified atom stereocenters. The molecule has 1 N–H and O–H groups in total. The molecule has 0 radical (unpaired) electrons. The number of allylic oxidation sites excluding steroid dienone is 6. The van der Waals surface area contributed by atoms with Gasteiger partial charge in [0.25, 0.3) is 0 Å². The lowest BCUT2D eigenvalue weighted by Gasteiger charge is -2.33. The molecule has 2 rings (SSSR count). The lowest BCUT2D eigenvalue weighted by atomic mass is 9.75. The third kappa shape index (κ3) is 4.28. The van der Waals surface area contributed by atoms with Gasteiger partial charge in [0.05, 0.1) is 6.04 Å². The second kappa shape index (κ2) is 6.19. The van der Waals surface area contributed by atoms with Crippen LogP contribution in [0.3, 0.4) is 0 Å². The van der Waals surface area contributed by atoms with Gasteiger partial charge in [0.15, 0.2) is 0 Å². The van der Waals surface area contributed by atoms with Crippen molar-refractivity contribution in [1.82, 2.24) is 5.32 Å². The summed E-state index contributed by atoms with van der Waals surface area (Å²) in [4.78, 5) is 0. The molecule has 1 heteroatoms. The van der Waals surface area contributed by atoms with E-state index in [0.717, 1.165) is 12.0 Å². The van der Waals surface area contributed by atoms with Crippen molar-refractivity contribution in [2.75, 3.05) is 0 Å². The number of hydrogen-bond donors (Lipinski definition) is 1. The molecule has 0 spiro atoms. The molecule has 1 nitrogen and oxygen atoms in total. The van der Waals surface area contributed by atoms with Gasteiger partial charge in [-0.05, 0) is 40.4 Å². The van der Waals surface area contributed by atoms with Crippen LogP contribution in [-0.2, 0) is 0 Å². The third-order valence-electron chi connectivity index (χ3n) is 4.80. The van der Waals surface area contributed by atoms with Crippen LogP contribution in [0.1, 0.15) is 54.9 Å². The average molecular weight is 312 g/mol. The molecule has 2 aliphatic rings. The lowest BCUT2D eigenvalue weighted by molar-refractivity contribution is 0.423. The standard InChI is InChI=1S/C22H33N/c1-15-14-18(10-11-19(15)22(6,7)8)23-20-12-9-17(13-16(20)2)21(3,4)5/h9-13,15,20,23H,2,14H2,1,3-8H3. The summed E-state index contributed by atoms with van der Waals surface area (Å²) in [6, 6.07) is 0.212. The summed E-state index contributed by atoms with van der Waals surface area (Å²) in [6.45, 7) is 20.2. The average Bonchev–Trinajstić information content (AvgIpc) is 2.38. The highest BCUT2D eigenvalue weighted by Gasteiger charge is 2.26. The van der Waals surface area contributed by atoms with Crippen LogP contribution in [0.15, 0.2) is 59.4 Å². The highest BCUT2D eigenvalue weighted by molar-refractivity contribution is 5.43. The summed E-state index contributed by atoms with van der Waals surface area (Å²) in [5.41, 5.74) is 5.77. The molecule has 2 atom stereocenters. The maximum atomic E-state index is 4.27. The van der Waals surface area contributed by atoms with Crippen molar-refractivity contribution in [3.05, 3.63) is 59.4 Å². The Kier molecular flexibility index (Phi) is 4.80. The number of nitrogens with one attached hydrogen (secondary N) is 1. The molecular weight excluding hydrogens is 278 g/mol. The Labute approximate surface area is 142 Å². The van der Waals surface area contributed by atoms with E-state index in [1.54, 1.807) is 0 Å². The molecule has 126 valence electrons. The van der Waals surface area contributed by atoms with Crippen LogP contribution in [0.25, 0.3) is 0 Å². The Morgan fingerprint density at radius 1 is 1.04 bits per heavy atom. The fraction of sp³-hybridized carbons (Fsp3) is 0.545. The van der Waals surface area contributed by atoms with Crippen LogP contribution in [-0.4, -0.2) is 6.04 Å². The maximum Gasteiger partial charge on any atom is 0.0692 e. The zero-order valence-electron chi connectivity index (χ0n) is 16.0. The van der Waals surface area contributed by atoms with Crippen LogP contribution in [0.5, 0.6) is 0 Å². The van der Waals surface area contributed by atoms with Crippen molar-refractivity contribution in [3.8, 4) is 0 Å². The zero-order chi connectivity index (χ0) is 17.4. The number of hydrogen-bond acceptors (Lipinski definition) is 1. The van der Waals surface area contributed by atoms with Gasteiger partial charge < -0.3 is 5.32 Å². The Balaban J connectivity index is 2.10. The predicted molar refractivity (Wildman–Crippen MR) is 102 cm³/mol. The fourth-order valence-electron chi connectivity index (χ4n) is 3.43. The summed E-state index contributed by atoms with van der Waals surface area (Å²) in [5.74, 6) is 0.587. The van der Waals surface area contributed by atoms with Crippen LogP contribution >= 0.6 is 0 Å². The Morgan fingerprint density at radius 3 is 2.17 bits per heavy atom. The van der Waals surface area contributed by atoms with E-state index in [1.807, 2.05) is 0 Å². The van der Waals surface area contributed by atoms with E-state index in [4.69, 9.17) is 0 Å². The summed E-state index contributed by atoms with van der Waals surface area (Å²) >= 11 is 0.